The summed E-state index contributed by atoms with van der Waals surface area (Å²) in [7, 11) is 0. The first-order valence-electron chi connectivity index (χ1n) is 10.9. The number of hydrogen-bond donors (Lipinski definition) is 0. The number of rotatable bonds is 3. The van der Waals surface area contributed by atoms with Gasteiger partial charge in [0.2, 0.25) is 5.82 Å². The fourth-order valence-corrected chi connectivity index (χ4v) is 3.88. The smallest absolute Gasteiger partial charge is 0.410 e. The van der Waals surface area contributed by atoms with Crippen LogP contribution in [-0.4, -0.2) is 62.7 Å². The van der Waals surface area contributed by atoms with Crippen LogP contribution in [-0.2, 0) is 4.74 Å². The summed E-state index contributed by atoms with van der Waals surface area (Å²) in [6.07, 6.45) is 5.53. The van der Waals surface area contributed by atoms with E-state index in [1.807, 2.05) is 37.8 Å². The molecule has 9 heteroatoms. The first-order valence-corrected chi connectivity index (χ1v) is 10.9. The Kier molecular flexibility index (Phi) is 4.83. The van der Waals surface area contributed by atoms with Crippen molar-refractivity contribution in [2.75, 3.05) is 31.1 Å². The molecule has 2 fully saturated rings. The van der Waals surface area contributed by atoms with Crippen LogP contribution >= 0.6 is 0 Å². The van der Waals surface area contributed by atoms with Crippen LogP contribution < -0.4 is 4.90 Å². The lowest BCUT2D eigenvalue weighted by Crippen LogP contribution is -2.50. The topological polar surface area (TPSA) is 89.5 Å². The SMILES string of the molecule is CC(C)(C)OC(=O)N1CCN(c2nc(-c3ccc4cn(C5CCC5)nc4c3)no2)CC1. The number of carbonyl (C=O) groups excluding carboxylic acids is 1. The number of fused-ring (bicyclic) bond motifs is 1. The molecule has 1 aliphatic carbocycles. The molecule has 1 aromatic carbocycles. The molecule has 3 aromatic rings. The third kappa shape index (κ3) is 4.08. The lowest BCUT2D eigenvalue weighted by atomic mass is 9.93. The number of anilines is 1. The number of benzene rings is 1. The van der Waals surface area contributed by atoms with Gasteiger partial charge in [-0.15, -0.1) is 0 Å². The average Bonchev–Trinajstić information content (AvgIpc) is 3.32. The molecule has 1 amide bonds. The second kappa shape index (κ2) is 7.55. The van der Waals surface area contributed by atoms with E-state index in [1.165, 1.54) is 19.3 Å². The Morgan fingerprint density at radius 2 is 1.94 bits per heavy atom. The highest BCUT2D eigenvalue weighted by molar-refractivity contribution is 5.82. The summed E-state index contributed by atoms with van der Waals surface area (Å²) in [4.78, 5) is 20.5. The second-order valence-corrected chi connectivity index (χ2v) is 9.32. The molecule has 2 aromatic heterocycles. The minimum Gasteiger partial charge on any atom is -0.444 e. The fraction of sp³-hybridized carbons (Fsp3) is 0.545. The molecule has 0 spiro atoms. The molecular weight excluding hydrogens is 396 g/mol. The van der Waals surface area contributed by atoms with E-state index in [9.17, 15) is 4.79 Å². The Hall–Kier alpha value is -3.10. The van der Waals surface area contributed by atoms with Crippen molar-refractivity contribution >= 4 is 23.0 Å². The van der Waals surface area contributed by atoms with Crippen molar-refractivity contribution in [2.45, 2.75) is 51.7 Å². The summed E-state index contributed by atoms with van der Waals surface area (Å²) in [5.41, 5.74) is 1.33. The van der Waals surface area contributed by atoms with Crippen molar-refractivity contribution in [3.05, 3.63) is 24.4 Å². The summed E-state index contributed by atoms with van der Waals surface area (Å²) < 4.78 is 13.1. The van der Waals surface area contributed by atoms with Crippen LogP contribution in [0.3, 0.4) is 0 Å². The van der Waals surface area contributed by atoms with E-state index in [2.05, 4.69) is 27.1 Å². The predicted molar refractivity (Wildman–Crippen MR) is 116 cm³/mol. The first kappa shape index (κ1) is 19.8. The summed E-state index contributed by atoms with van der Waals surface area (Å²) >= 11 is 0. The minimum absolute atomic E-state index is 0.284. The molecule has 9 nitrogen and oxygen atoms in total. The maximum absolute atomic E-state index is 12.2. The Labute approximate surface area is 180 Å². The van der Waals surface area contributed by atoms with Crippen molar-refractivity contribution in [1.29, 1.82) is 0 Å². The van der Waals surface area contributed by atoms with Crippen LogP contribution in [0.5, 0.6) is 0 Å². The quantitative estimate of drug-likeness (QED) is 0.630. The van der Waals surface area contributed by atoms with Crippen LogP contribution in [0.25, 0.3) is 22.3 Å². The predicted octanol–water partition coefficient (Wildman–Crippen LogP) is 3.87. The van der Waals surface area contributed by atoms with E-state index in [-0.39, 0.29) is 6.09 Å². The van der Waals surface area contributed by atoms with Gasteiger partial charge in [-0.05, 0) is 46.1 Å². The van der Waals surface area contributed by atoms with Gasteiger partial charge < -0.3 is 19.1 Å². The number of ether oxygens (including phenoxy) is 1. The zero-order valence-corrected chi connectivity index (χ0v) is 18.2. The van der Waals surface area contributed by atoms with Gasteiger partial charge in [-0.2, -0.15) is 10.1 Å². The van der Waals surface area contributed by atoms with Crippen molar-refractivity contribution in [3.63, 3.8) is 0 Å². The standard InChI is InChI=1S/C22H28N6O3/c1-22(2,3)30-21(29)27-11-9-26(10-12-27)20-23-19(25-31-20)15-7-8-16-14-28(17-5-4-6-17)24-18(16)13-15/h7-8,13-14,17H,4-6,9-12H2,1-3H3. The maximum atomic E-state index is 12.2. The molecular formula is C22H28N6O3. The van der Waals surface area contributed by atoms with Gasteiger partial charge >= 0.3 is 12.1 Å². The molecule has 31 heavy (non-hydrogen) atoms. The Balaban J connectivity index is 1.26. The molecule has 0 bridgehead atoms. The van der Waals surface area contributed by atoms with Gasteiger partial charge in [-0.25, -0.2) is 4.79 Å². The van der Waals surface area contributed by atoms with E-state index in [1.54, 1.807) is 4.90 Å². The molecule has 0 N–H and O–H groups in total. The fourth-order valence-electron chi connectivity index (χ4n) is 3.88. The van der Waals surface area contributed by atoms with Crippen LogP contribution in [0.2, 0.25) is 0 Å². The van der Waals surface area contributed by atoms with Gasteiger partial charge in [-0.1, -0.05) is 17.3 Å². The summed E-state index contributed by atoms with van der Waals surface area (Å²) in [5.74, 6) is 0.546. The zero-order chi connectivity index (χ0) is 21.6. The highest BCUT2D eigenvalue weighted by Gasteiger charge is 2.28. The maximum Gasteiger partial charge on any atom is 0.410 e. The molecule has 1 aliphatic heterocycles. The zero-order valence-electron chi connectivity index (χ0n) is 18.2. The Morgan fingerprint density at radius 1 is 1.16 bits per heavy atom. The van der Waals surface area contributed by atoms with E-state index < -0.39 is 5.60 Å². The molecule has 0 unspecified atom stereocenters. The van der Waals surface area contributed by atoms with Crippen LogP contribution in [0, 0.1) is 0 Å². The number of hydrogen-bond acceptors (Lipinski definition) is 7. The third-order valence-corrected chi connectivity index (χ3v) is 5.85. The summed E-state index contributed by atoms with van der Waals surface area (Å²) in [6.45, 7) is 7.95. The normalized spacial score (nSPS) is 17.8. The number of nitrogens with zero attached hydrogens (tertiary/aromatic N) is 6. The van der Waals surface area contributed by atoms with E-state index in [0.29, 0.717) is 44.1 Å². The largest absolute Gasteiger partial charge is 0.444 e. The Bertz CT molecular complexity index is 1090. The summed E-state index contributed by atoms with van der Waals surface area (Å²) in [6, 6.07) is 7.08. The van der Waals surface area contributed by atoms with Gasteiger partial charge in [0.25, 0.3) is 0 Å². The number of aromatic nitrogens is 4. The molecule has 5 rings (SSSR count). The average molecular weight is 425 g/mol. The summed E-state index contributed by atoms with van der Waals surface area (Å²) in [5, 5.41) is 10.0. The van der Waals surface area contributed by atoms with Gasteiger partial charge in [0.15, 0.2) is 0 Å². The number of carbonyl (C=O) groups is 1. The van der Waals surface area contributed by atoms with Gasteiger partial charge in [0.05, 0.1) is 11.6 Å². The minimum atomic E-state index is -0.496. The second-order valence-electron chi connectivity index (χ2n) is 9.32. The molecule has 2 aliphatic rings. The highest BCUT2D eigenvalue weighted by atomic mass is 16.6. The van der Waals surface area contributed by atoms with Gasteiger partial charge in [0.1, 0.15) is 5.60 Å². The Morgan fingerprint density at radius 3 is 2.61 bits per heavy atom. The highest BCUT2D eigenvalue weighted by Crippen LogP contribution is 2.32. The van der Waals surface area contributed by atoms with Crippen molar-refractivity contribution in [3.8, 4) is 11.4 Å². The molecule has 1 saturated heterocycles. The van der Waals surface area contributed by atoms with Crippen molar-refractivity contribution in [1.82, 2.24) is 24.8 Å². The molecule has 1 saturated carbocycles. The molecule has 3 heterocycles. The van der Waals surface area contributed by atoms with Crippen LogP contribution in [0.4, 0.5) is 10.8 Å². The monoisotopic (exact) mass is 424 g/mol. The van der Waals surface area contributed by atoms with Crippen molar-refractivity contribution < 1.29 is 14.1 Å². The van der Waals surface area contributed by atoms with Crippen molar-refractivity contribution in [2.24, 2.45) is 0 Å². The van der Waals surface area contributed by atoms with Crippen LogP contribution in [0.1, 0.15) is 46.1 Å². The van der Waals surface area contributed by atoms with E-state index in [0.717, 1.165) is 16.5 Å². The first-order chi connectivity index (χ1) is 14.9. The third-order valence-electron chi connectivity index (χ3n) is 5.85. The number of amides is 1. The molecule has 0 atom stereocenters. The lowest BCUT2D eigenvalue weighted by molar-refractivity contribution is 0.0238. The van der Waals surface area contributed by atoms with E-state index in [4.69, 9.17) is 14.4 Å². The van der Waals surface area contributed by atoms with E-state index >= 15 is 0 Å². The molecule has 0 radical (unpaired) electrons. The van der Waals surface area contributed by atoms with Gasteiger partial charge in [-0.3, -0.25) is 4.68 Å². The molecule has 164 valence electrons. The number of piperazine rings is 1. The van der Waals surface area contributed by atoms with Gasteiger partial charge in [0, 0.05) is 43.3 Å². The van der Waals surface area contributed by atoms with Crippen LogP contribution in [0.15, 0.2) is 28.9 Å². The lowest BCUT2D eigenvalue weighted by Gasteiger charge is -2.34.